The van der Waals surface area contributed by atoms with Crippen LogP contribution in [0.2, 0.25) is 0 Å². The van der Waals surface area contributed by atoms with E-state index in [0.717, 1.165) is 30.3 Å². The van der Waals surface area contributed by atoms with Gasteiger partial charge in [0.25, 0.3) is 0 Å². The van der Waals surface area contributed by atoms with Gasteiger partial charge in [-0.2, -0.15) is 0 Å². The molecule has 0 atom stereocenters. The molecule has 0 spiro atoms. The fraction of sp³-hybridized carbons (Fsp3) is 0.643. The summed E-state index contributed by atoms with van der Waals surface area (Å²) >= 11 is 1.45. The summed E-state index contributed by atoms with van der Waals surface area (Å²) in [5.41, 5.74) is 0.760. The Morgan fingerprint density at radius 2 is 2.30 bits per heavy atom. The summed E-state index contributed by atoms with van der Waals surface area (Å²) in [6.07, 6.45) is 5.58. The average molecular weight is 293 g/mol. The fourth-order valence-electron chi connectivity index (χ4n) is 2.53. The lowest BCUT2D eigenvalue weighted by Gasteiger charge is -2.25. The van der Waals surface area contributed by atoms with Crippen molar-refractivity contribution in [3.8, 4) is 0 Å². The zero-order valence-electron chi connectivity index (χ0n) is 11.4. The lowest BCUT2D eigenvalue weighted by molar-refractivity contribution is -0.120. The maximum atomic E-state index is 11.8. The van der Waals surface area contributed by atoms with E-state index >= 15 is 0 Å². The normalized spacial score (nSPS) is 19.2. The molecule has 3 rings (SSSR count). The summed E-state index contributed by atoms with van der Waals surface area (Å²) in [6, 6.07) is 0. The quantitative estimate of drug-likeness (QED) is 0.899. The maximum Gasteiger partial charge on any atom is 0.228 e. The minimum atomic E-state index is 0.0292. The summed E-state index contributed by atoms with van der Waals surface area (Å²) in [4.78, 5) is 29.6. The van der Waals surface area contributed by atoms with Gasteiger partial charge in [-0.05, 0) is 25.2 Å². The fourth-order valence-corrected chi connectivity index (χ4v) is 3.40. The van der Waals surface area contributed by atoms with Crippen molar-refractivity contribution in [1.82, 2.24) is 10.3 Å². The van der Waals surface area contributed by atoms with E-state index in [-0.39, 0.29) is 11.8 Å². The van der Waals surface area contributed by atoms with Crippen LogP contribution in [0.15, 0.2) is 5.38 Å². The highest BCUT2D eigenvalue weighted by Gasteiger charge is 2.24. The molecule has 0 bridgehead atoms. The zero-order valence-corrected chi connectivity index (χ0v) is 12.2. The number of carbonyl (C=O) groups excluding carboxylic acids is 2. The largest absolute Gasteiger partial charge is 0.355 e. The molecule has 2 aliphatic rings. The molecule has 1 aromatic rings. The van der Waals surface area contributed by atoms with Gasteiger partial charge >= 0.3 is 0 Å². The van der Waals surface area contributed by atoms with Gasteiger partial charge in [-0.3, -0.25) is 14.5 Å². The summed E-state index contributed by atoms with van der Waals surface area (Å²) in [6.45, 7) is 1.54. The van der Waals surface area contributed by atoms with Gasteiger partial charge in [0.05, 0.1) is 12.1 Å². The molecule has 0 aromatic carbocycles. The lowest BCUT2D eigenvalue weighted by atomic mass is 9.85. The highest BCUT2D eigenvalue weighted by molar-refractivity contribution is 7.14. The van der Waals surface area contributed by atoms with Crippen LogP contribution in [0.4, 0.5) is 5.13 Å². The smallest absolute Gasteiger partial charge is 0.228 e. The Morgan fingerprint density at radius 3 is 2.95 bits per heavy atom. The van der Waals surface area contributed by atoms with Gasteiger partial charge in [0.15, 0.2) is 5.13 Å². The van der Waals surface area contributed by atoms with Gasteiger partial charge in [-0.15, -0.1) is 11.3 Å². The Hall–Kier alpha value is -1.43. The van der Waals surface area contributed by atoms with Crippen LogP contribution in [0, 0.1) is 5.92 Å². The molecule has 0 radical (unpaired) electrons. The van der Waals surface area contributed by atoms with E-state index in [2.05, 4.69) is 10.3 Å². The third-order valence-electron chi connectivity index (χ3n) is 4.00. The summed E-state index contributed by atoms with van der Waals surface area (Å²) in [5.74, 6) is 0.842. The number of hydrogen-bond donors (Lipinski definition) is 1. The first kappa shape index (κ1) is 13.5. The van der Waals surface area contributed by atoms with Crippen LogP contribution in [0.25, 0.3) is 0 Å². The predicted molar refractivity (Wildman–Crippen MR) is 77.8 cm³/mol. The Morgan fingerprint density at radius 1 is 1.45 bits per heavy atom. The van der Waals surface area contributed by atoms with Crippen LogP contribution in [0.1, 0.15) is 37.8 Å². The molecule has 20 heavy (non-hydrogen) atoms. The SMILES string of the molecule is O=C(Cc1csc(N2CCCC2=O)n1)NCC1CCC1. The Labute approximate surface area is 122 Å². The summed E-state index contributed by atoms with van der Waals surface area (Å²) < 4.78 is 0. The van der Waals surface area contributed by atoms with E-state index in [4.69, 9.17) is 0 Å². The standard InChI is InChI=1S/C14H19N3O2S/c18-12(15-8-10-3-1-4-10)7-11-9-20-14(16-11)17-6-2-5-13(17)19/h9-10H,1-8H2,(H,15,18). The molecule has 2 fully saturated rings. The van der Waals surface area contributed by atoms with Gasteiger partial charge in [0, 0.05) is 24.9 Å². The van der Waals surface area contributed by atoms with Crippen LogP contribution < -0.4 is 10.2 Å². The van der Waals surface area contributed by atoms with Crippen molar-refractivity contribution in [3.63, 3.8) is 0 Å². The van der Waals surface area contributed by atoms with Crippen molar-refractivity contribution >= 4 is 28.3 Å². The lowest BCUT2D eigenvalue weighted by Crippen LogP contribution is -2.33. The average Bonchev–Trinajstić information content (AvgIpc) is 2.96. The van der Waals surface area contributed by atoms with E-state index in [0.29, 0.717) is 18.8 Å². The number of rotatable bonds is 5. The van der Waals surface area contributed by atoms with Crippen LogP contribution in [0.5, 0.6) is 0 Å². The Kier molecular flexibility index (Phi) is 4.00. The number of aromatic nitrogens is 1. The van der Waals surface area contributed by atoms with E-state index in [9.17, 15) is 9.59 Å². The molecular formula is C14H19N3O2S. The predicted octanol–water partition coefficient (Wildman–Crippen LogP) is 1.73. The molecule has 6 heteroatoms. The van der Waals surface area contributed by atoms with Gasteiger partial charge < -0.3 is 5.32 Å². The van der Waals surface area contributed by atoms with Crippen LogP contribution in [-0.2, 0) is 16.0 Å². The first-order chi connectivity index (χ1) is 9.72. The van der Waals surface area contributed by atoms with Crippen molar-refractivity contribution in [2.24, 2.45) is 5.92 Å². The van der Waals surface area contributed by atoms with Gasteiger partial charge in [0.2, 0.25) is 11.8 Å². The number of hydrogen-bond acceptors (Lipinski definition) is 4. The zero-order chi connectivity index (χ0) is 13.9. The topological polar surface area (TPSA) is 62.3 Å². The molecule has 1 saturated heterocycles. The van der Waals surface area contributed by atoms with Crippen molar-refractivity contribution in [3.05, 3.63) is 11.1 Å². The van der Waals surface area contributed by atoms with Crippen molar-refractivity contribution in [2.45, 2.75) is 38.5 Å². The second kappa shape index (κ2) is 5.91. The molecule has 1 aliphatic heterocycles. The van der Waals surface area contributed by atoms with Crippen LogP contribution in [-0.4, -0.2) is 29.9 Å². The van der Waals surface area contributed by atoms with Crippen LogP contribution >= 0.6 is 11.3 Å². The Balaban J connectivity index is 1.51. The monoisotopic (exact) mass is 293 g/mol. The minimum absolute atomic E-state index is 0.0292. The maximum absolute atomic E-state index is 11.8. The third-order valence-corrected chi connectivity index (χ3v) is 4.91. The molecule has 1 N–H and O–H groups in total. The van der Waals surface area contributed by atoms with E-state index in [1.54, 1.807) is 4.90 Å². The Bertz CT molecular complexity index is 510. The number of nitrogens with zero attached hydrogens (tertiary/aromatic N) is 2. The number of nitrogens with one attached hydrogen (secondary N) is 1. The van der Waals surface area contributed by atoms with E-state index in [1.807, 2.05) is 5.38 Å². The van der Waals surface area contributed by atoms with E-state index < -0.39 is 0 Å². The highest BCUT2D eigenvalue weighted by atomic mass is 32.1. The molecule has 1 aliphatic carbocycles. The molecule has 2 heterocycles. The number of carbonyl (C=O) groups is 2. The molecule has 2 amide bonds. The van der Waals surface area contributed by atoms with Gasteiger partial charge in [-0.1, -0.05) is 6.42 Å². The molecular weight excluding hydrogens is 274 g/mol. The molecule has 1 aromatic heterocycles. The summed E-state index contributed by atoms with van der Waals surface area (Å²) in [7, 11) is 0. The van der Waals surface area contributed by atoms with E-state index in [1.165, 1.54) is 30.6 Å². The van der Waals surface area contributed by atoms with Gasteiger partial charge in [0.1, 0.15) is 0 Å². The molecule has 108 valence electrons. The molecule has 5 nitrogen and oxygen atoms in total. The van der Waals surface area contributed by atoms with Crippen molar-refractivity contribution < 1.29 is 9.59 Å². The second-order valence-corrected chi connectivity index (χ2v) is 6.38. The first-order valence-electron chi connectivity index (χ1n) is 7.24. The second-order valence-electron chi connectivity index (χ2n) is 5.55. The molecule has 1 saturated carbocycles. The first-order valence-corrected chi connectivity index (χ1v) is 8.12. The minimum Gasteiger partial charge on any atom is -0.355 e. The van der Waals surface area contributed by atoms with Crippen molar-refractivity contribution in [1.29, 1.82) is 0 Å². The summed E-state index contributed by atoms with van der Waals surface area (Å²) in [5, 5.41) is 5.58. The number of anilines is 1. The number of amides is 2. The van der Waals surface area contributed by atoms with Crippen LogP contribution in [0.3, 0.4) is 0 Å². The van der Waals surface area contributed by atoms with Gasteiger partial charge in [-0.25, -0.2) is 4.98 Å². The molecule has 0 unspecified atom stereocenters. The highest BCUT2D eigenvalue weighted by Crippen LogP contribution is 2.26. The number of thiazole rings is 1. The van der Waals surface area contributed by atoms with Crippen molar-refractivity contribution in [2.75, 3.05) is 18.0 Å². The third kappa shape index (κ3) is 3.00.